The van der Waals surface area contributed by atoms with Crippen LogP contribution in [0.2, 0.25) is 0 Å². The molecule has 0 bridgehead atoms. The highest BCUT2D eigenvalue weighted by atomic mass is 16.1. The Morgan fingerprint density at radius 1 is 1.32 bits per heavy atom. The van der Waals surface area contributed by atoms with Gasteiger partial charge in [0.1, 0.15) is 12.1 Å². The van der Waals surface area contributed by atoms with Gasteiger partial charge in [0.2, 0.25) is 0 Å². The molecule has 4 rings (SSSR count). The van der Waals surface area contributed by atoms with Crippen LogP contribution in [0.15, 0.2) is 37.2 Å². The molecule has 0 aromatic carbocycles. The Hall–Kier alpha value is -3.03. The van der Waals surface area contributed by atoms with E-state index in [-0.39, 0.29) is 11.9 Å². The maximum Gasteiger partial charge on any atom is 0.254 e. The Labute approximate surface area is 144 Å². The molecular formula is C17H19N7O. The highest BCUT2D eigenvalue weighted by Gasteiger charge is 2.24. The van der Waals surface area contributed by atoms with Crippen molar-refractivity contribution < 1.29 is 4.79 Å². The second-order valence-electron chi connectivity index (χ2n) is 6.25. The summed E-state index contributed by atoms with van der Waals surface area (Å²) < 4.78 is 1.63. The average Bonchev–Trinajstić information content (AvgIpc) is 3.08. The Balaban J connectivity index is 1.52. The Bertz CT molecular complexity index is 901. The first-order valence-corrected chi connectivity index (χ1v) is 8.30. The topological polar surface area (TPSA) is 88.8 Å². The first kappa shape index (κ1) is 15.5. The number of aryl methyl sites for hydroxylation is 1. The van der Waals surface area contributed by atoms with Gasteiger partial charge in [0, 0.05) is 44.0 Å². The lowest BCUT2D eigenvalue weighted by Crippen LogP contribution is -2.48. The lowest BCUT2D eigenvalue weighted by Gasteiger charge is -2.34. The number of anilines is 1. The molecule has 1 N–H and O–H groups in total. The van der Waals surface area contributed by atoms with Gasteiger partial charge in [0.05, 0.1) is 23.5 Å². The largest absolute Gasteiger partial charge is 0.354 e. The predicted molar refractivity (Wildman–Crippen MR) is 93.2 cm³/mol. The molecule has 128 valence electrons. The van der Waals surface area contributed by atoms with E-state index < -0.39 is 0 Å². The number of piperidine rings is 1. The molecule has 1 unspecified atom stereocenters. The SMILES string of the molecule is Cn1cc(C(=O)NC2CCCN(c3ncnc4cnccc34)C2)cn1. The lowest BCUT2D eigenvalue weighted by atomic mass is 10.0. The van der Waals surface area contributed by atoms with Crippen molar-refractivity contribution in [2.24, 2.45) is 7.05 Å². The molecule has 3 aromatic rings. The van der Waals surface area contributed by atoms with Crippen LogP contribution in [0.1, 0.15) is 23.2 Å². The van der Waals surface area contributed by atoms with Crippen LogP contribution in [0.5, 0.6) is 0 Å². The van der Waals surface area contributed by atoms with E-state index in [2.05, 4.69) is 30.3 Å². The third-order valence-electron chi connectivity index (χ3n) is 4.44. The summed E-state index contributed by atoms with van der Waals surface area (Å²) in [5, 5.41) is 8.14. The number of amides is 1. The smallest absolute Gasteiger partial charge is 0.254 e. The number of carbonyl (C=O) groups is 1. The summed E-state index contributed by atoms with van der Waals surface area (Å²) in [6, 6.07) is 2.01. The van der Waals surface area contributed by atoms with Crippen LogP contribution in [0.4, 0.5) is 5.82 Å². The molecule has 1 fully saturated rings. The molecule has 8 nitrogen and oxygen atoms in total. The van der Waals surface area contributed by atoms with Gasteiger partial charge in [-0.25, -0.2) is 9.97 Å². The van der Waals surface area contributed by atoms with Gasteiger partial charge in [0.15, 0.2) is 0 Å². The summed E-state index contributed by atoms with van der Waals surface area (Å²) in [6.07, 6.45) is 10.3. The zero-order valence-electron chi connectivity index (χ0n) is 14.0. The van der Waals surface area contributed by atoms with E-state index in [1.165, 1.54) is 0 Å². The summed E-state index contributed by atoms with van der Waals surface area (Å²) in [5.41, 5.74) is 1.41. The van der Waals surface area contributed by atoms with Crippen LogP contribution < -0.4 is 10.2 Å². The Morgan fingerprint density at radius 3 is 3.08 bits per heavy atom. The monoisotopic (exact) mass is 337 g/mol. The van der Waals surface area contributed by atoms with Gasteiger partial charge in [-0.1, -0.05) is 0 Å². The van der Waals surface area contributed by atoms with Crippen molar-refractivity contribution in [2.75, 3.05) is 18.0 Å². The fraction of sp³-hybridized carbons (Fsp3) is 0.353. The number of fused-ring (bicyclic) bond motifs is 1. The van der Waals surface area contributed by atoms with Crippen LogP contribution in [-0.2, 0) is 7.05 Å². The highest BCUT2D eigenvalue weighted by Crippen LogP contribution is 2.25. The number of rotatable bonds is 3. The molecule has 4 heterocycles. The molecule has 1 aliphatic heterocycles. The van der Waals surface area contributed by atoms with Gasteiger partial charge in [-0.2, -0.15) is 5.10 Å². The first-order valence-electron chi connectivity index (χ1n) is 8.30. The molecule has 0 spiro atoms. The summed E-state index contributed by atoms with van der Waals surface area (Å²) in [5.74, 6) is 0.810. The van der Waals surface area contributed by atoms with Crippen molar-refractivity contribution in [3.63, 3.8) is 0 Å². The fourth-order valence-electron chi connectivity index (χ4n) is 3.24. The molecule has 1 atom stereocenters. The fourth-order valence-corrected chi connectivity index (χ4v) is 3.24. The second-order valence-corrected chi connectivity index (χ2v) is 6.25. The van der Waals surface area contributed by atoms with E-state index in [1.807, 2.05) is 6.07 Å². The molecule has 8 heteroatoms. The normalized spacial score (nSPS) is 17.6. The van der Waals surface area contributed by atoms with E-state index in [1.54, 1.807) is 42.8 Å². The number of nitrogens with zero attached hydrogens (tertiary/aromatic N) is 6. The third kappa shape index (κ3) is 3.15. The van der Waals surface area contributed by atoms with Crippen molar-refractivity contribution in [3.8, 4) is 0 Å². The van der Waals surface area contributed by atoms with Gasteiger partial charge in [0.25, 0.3) is 5.91 Å². The van der Waals surface area contributed by atoms with Crippen molar-refractivity contribution in [1.82, 2.24) is 30.0 Å². The van der Waals surface area contributed by atoms with Crippen LogP contribution >= 0.6 is 0 Å². The number of pyridine rings is 1. The zero-order chi connectivity index (χ0) is 17.2. The molecule has 25 heavy (non-hydrogen) atoms. The number of hydrogen-bond acceptors (Lipinski definition) is 6. The van der Waals surface area contributed by atoms with Crippen molar-refractivity contribution in [3.05, 3.63) is 42.7 Å². The van der Waals surface area contributed by atoms with E-state index in [4.69, 9.17) is 0 Å². The Morgan fingerprint density at radius 2 is 2.24 bits per heavy atom. The summed E-state index contributed by atoms with van der Waals surface area (Å²) >= 11 is 0. The van der Waals surface area contributed by atoms with Crippen LogP contribution in [0.3, 0.4) is 0 Å². The molecule has 1 aliphatic rings. The van der Waals surface area contributed by atoms with Gasteiger partial charge in [-0.15, -0.1) is 0 Å². The maximum absolute atomic E-state index is 12.4. The zero-order valence-corrected chi connectivity index (χ0v) is 14.0. The van der Waals surface area contributed by atoms with Crippen LogP contribution in [0, 0.1) is 0 Å². The molecular weight excluding hydrogens is 318 g/mol. The van der Waals surface area contributed by atoms with E-state index >= 15 is 0 Å². The van der Waals surface area contributed by atoms with Gasteiger partial charge in [-0.3, -0.25) is 14.5 Å². The number of nitrogens with one attached hydrogen (secondary N) is 1. The van der Waals surface area contributed by atoms with Gasteiger partial charge in [-0.05, 0) is 18.9 Å². The maximum atomic E-state index is 12.4. The van der Waals surface area contributed by atoms with Crippen LogP contribution in [0.25, 0.3) is 10.9 Å². The van der Waals surface area contributed by atoms with Crippen molar-refractivity contribution in [1.29, 1.82) is 0 Å². The highest BCUT2D eigenvalue weighted by molar-refractivity contribution is 5.94. The molecule has 0 saturated carbocycles. The minimum absolute atomic E-state index is 0.0771. The molecule has 3 aromatic heterocycles. The van der Waals surface area contributed by atoms with Crippen molar-refractivity contribution in [2.45, 2.75) is 18.9 Å². The van der Waals surface area contributed by atoms with E-state index in [0.717, 1.165) is 42.7 Å². The van der Waals surface area contributed by atoms with Crippen molar-refractivity contribution >= 4 is 22.6 Å². The molecule has 1 amide bonds. The quantitative estimate of drug-likeness (QED) is 0.771. The summed E-state index contributed by atoms with van der Waals surface area (Å²) in [7, 11) is 1.80. The number of hydrogen-bond donors (Lipinski definition) is 1. The standard InChI is InChI=1S/C17H19N7O/c1-23-9-12(7-21-23)17(25)22-13-3-2-6-24(10-13)16-14-4-5-18-8-15(14)19-11-20-16/h4-5,7-9,11,13H,2-3,6,10H2,1H3,(H,22,25). The number of carbonyl (C=O) groups excluding carboxylic acids is 1. The predicted octanol–water partition coefficient (Wildman–Crippen LogP) is 1.16. The van der Waals surface area contributed by atoms with E-state index in [0.29, 0.717) is 5.56 Å². The minimum Gasteiger partial charge on any atom is -0.354 e. The third-order valence-corrected chi connectivity index (χ3v) is 4.44. The van der Waals surface area contributed by atoms with E-state index in [9.17, 15) is 4.79 Å². The van der Waals surface area contributed by atoms with Gasteiger partial charge >= 0.3 is 0 Å². The molecule has 0 radical (unpaired) electrons. The second kappa shape index (κ2) is 6.46. The Kier molecular flexibility index (Phi) is 4.01. The lowest BCUT2D eigenvalue weighted by molar-refractivity contribution is 0.0933. The number of aromatic nitrogens is 5. The van der Waals surface area contributed by atoms with Crippen LogP contribution in [-0.4, -0.2) is 49.8 Å². The summed E-state index contributed by atoms with van der Waals surface area (Å²) in [4.78, 5) is 27.4. The molecule has 1 saturated heterocycles. The summed E-state index contributed by atoms with van der Waals surface area (Å²) in [6.45, 7) is 1.63. The van der Waals surface area contributed by atoms with Gasteiger partial charge < -0.3 is 10.2 Å². The molecule has 0 aliphatic carbocycles. The first-order chi connectivity index (χ1) is 12.2. The average molecular weight is 337 g/mol. The minimum atomic E-state index is -0.0864.